The van der Waals surface area contributed by atoms with Crippen molar-refractivity contribution in [3.63, 3.8) is 0 Å². The summed E-state index contributed by atoms with van der Waals surface area (Å²) in [6.07, 6.45) is 1.81. The molecule has 6 heteroatoms. The Kier molecular flexibility index (Phi) is 3.84. The average Bonchev–Trinajstić information content (AvgIpc) is 3.27. The molecule has 0 fully saturated rings. The highest BCUT2D eigenvalue weighted by Crippen LogP contribution is 2.36. The Hall–Kier alpha value is -2.57. The van der Waals surface area contributed by atoms with Crippen LogP contribution in [0.5, 0.6) is 0 Å². The third-order valence-electron chi connectivity index (χ3n) is 4.88. The molecule has 0 saturated carbocycles. The second kappa shape index (κ2) is 6.25. The van der Waals surface area contributed by atoms with Gasteiger partial charge in [-0.05, 0) is 42.7 Å². The van der Waals surface area contributed by atoms with E-state index < -0.39 is 0 Å². The second-order valence-electron chi connectivity index (χ2n) is 6.60. The standard InChI is InChI=1S/C21H15BrN4S/c1-12-6-7-14(8-13(12)2)17-10-27-21-18(17)20-25-24-19(26(20)11-23-21)15-4-3-5-16(22)9-15/h3-11H,1-2H3. The Morgan fingerprint density at radius 1 is 0.963 bits per heavy atom. The maximum atomic E-state index is 4.67. The van der Waals surface area contributed by atoms with Gasteiger partial charge in [0.2, 0.25) is 0 Å². The number of aryl methyl sites for hydroxylation is 2. The summed E-state index contributed by atoms with van der Waals surface area (Å²) in [5.41, 5.74) is 6.75. The van der Waals surface area contributed by atoms with Crippen LogP contribution >= 0.6 is 27.3 Å². The number of rotatable bonds is 2. The normalized spacial score (nSPS) is 11.5. The van der Waals surface area contributed by atoms with Crippen LogP contribution in [-0.4, -0.2) is 19.6 Å². The highest BCUT2D eigenvalue weighted by atomic mass is 79.9. The molecule has 3 heterocycles. The van der Waals surface area contributed by atoms with Gasteiger partial charge in [0.1, 0.15) is 11.2 Å². The monoisotopic (exact) mass is 434 g/mol. The highest BCUT2D eigenvalue weighted by molar-refractivity contribution is 9.10. The predicted octanol–water partition coefficient (Wildman–Crippen LogP) is 6.05. The molecular weight excluding hydrogens is 420 g/mol. The van der Waals surface area contributed by atoms with Gasteiger partial charge in [0.05, 0.1) is 5.39 Å². The van der Waals surface area contributed by atoms with Crippen molar-refractivity contribution in [3.8, 4) is 22.5 Å². The molecular formula is C21H15BrN4S. The van der Waals surface area contributed by atoms with Crippen LogP contribution < -0.4 is 0 Å². The van der Waals surface area contributed by atoms with Crippen molar-refractivity contribution in [2.75, 3.05) is 0 Å². The van der Waals surface area contributed by atoms with Crippen LogP contribution in [-0.2, 0) is 0 Å². The molecule has 0 aliphatic carbocycles. The first-order valence-electron chi connectivity index (χ1n) is 8.56. The molecule has 0 aliphatic rings. The minimum absolute atomic E-state index is 0.790. The summed E-state index contributed by atoms with van der Waals surface area (Å²) in [6, 6.07) is 14.6. The van der Waals surface area contributed by atoms with Crippen molar-refractivity contribution in [2.24, 2.45) is 0 Å². The Bertz CT molecular complexity index is 1320. The summed E-state index contributed by atoms with van der Waals surface area (Å²) in [6.45, 7) is 4.27. The van der Waals surface area contributed by atoms with Gasteiger partial charge in [0.25, 0.3) is 0 Å². The molecule has 0 spiro atoms. The van der Waals surface area contributed by atoms with Gasteiger partial charge < -0.3 is 0 Å². The Morgan fingerprint density at radius 3 is 2.67 bits per heavy atom. The fraction of sp³-hybridized carbons (Fsp3) is 0.0952. The van der Waals surface area contributed by atoms with E-state index >= 15 is 0 Å². The van der Waals surface area contributed by atoms with E-state index in [9.17, 15) is 0 Å². The lowest BCUT2D eigenvalue weighted by Gasteiger charge is -2.05. The number of halogens is 1. The molecule has 0 unspecified atom stereocenters. The van der Waals surface area contributed by atoms with Crippen LogP contribution in [0.3, 0.4) is 0 Å². The summed E-state index contributed by atoms with van der Waals surface area (Å²) in [4.78, 5) is 5.64. The van der Waals surface area contributed by atoms with E-state index in [1.165, 1.54) is 16.7 Å². The third kappa shape index (κ3) is 2.67. The summed E-state index contributed by atoms with van der Waals surface area (Å²) < 4.78 is 2.98. The van der Waals surface area contributed by atoms with Gasteiger partial charge in [-0.15, -0.1) is 21.5 Å². The lowest BCUT2D eigenvalue weighted by atomic mass is 10.0. The van der Waals surface area contributed by atoms with Crippen LogP contribution in [0.4, 0.5) is 0 Å². The maximum absolute atomic E-state index is 4.67. The number of thiophene rings is 1. The quantitative estimate of drug-likeness (QED) is 0.339. The minimum atomic E-state index is 0.790. The van der Waals surface area contributed by atoms with Gasteiger partial charge in [0.15, 0.2) is 11.5 Å². The lowest BCUT2D eigenvalue weighted by molar-refractivity contribution is 1.09. The zero-order valence-electron chi connectivity index (χ0n) is 14.8. The first kappa shape index (κ1) is 16.6. The Balaban J connectivity index is 1.78. The fourth-order valence-corrected chi connectivity index (χ4v) is 4.60. The molecule has 5 rings (SSSR count). The SMILES string of the molecule is Cc1ccc(-c2csc3ncn4c(-c5cccc(Br)c5)nnc4c23)cc1C. The molecule has 0 bridgehead atoms. The summed E-state index contributed by atoms with van der Waals surface area (Å²) in [5.74, 6) is 0.790. The van der Waals surface area contributed by atoms with Gasteiger partial charge in [-0.1, -0.05) is 46.3 Å². The average molecular weight is 435 g/mol. The zero-order valence-corrected chi connectivity index (χ0v) is 17.2. The van der Waals surface area contributed by atoms with Crippen molar-refractivity contribution in [1.29, 1.82) is 0 Å². The van der Waals surface area contributed by atoms with Crippen molar-refractivity contribution in [2.45, 2.75) is 13.8 Å². The van der Waals surface area contributed by atoms with E-state index in [0.29, 0.717) is 0 Å². The van der Waals surface area contributed by atoms with Crippen LogP contribution in [0.2, 0.25) is 0 Å². The van der Waals surface area contributed by atoms with Crippen molar-refractivity contribution in [1.82, 2.24) is 19.6 Å². The predicted molar refractivity (Wildman–Crippen MR) is 114 cm³/mol. The first-order chi connectivity index (χ1) is 13.1. The number of hydrogen-bond acceptors (Lipinski definition) is 4. The molecule has 27 heavy (non-hydrogen) atoms. The molecule has 3 aromatic heterocycles. The molecule has 5 aromatic rings. The number of fused-ring (bicyclic) bond motifs is 3. The number of benzene rings is 2. The topological polar surface area (TPSA) is 43.1 Å². The van der Waals surface area contributed by atoms with E-state index in [0.717, 1.165) is 37.3 Å². The maximum Gasteiger partial charge on any atom is 0.173 e. The highest BCUT2D eigenvalue weighted by Gasteiger charge is 2.17. The van der Waals surface area contributed by atoms with Crippen molar-refractivity contribution >= 4 is 43.1 Å². The third-order valence-corrected chi connectivity index (χ3v) is 6.26. The minimum Gasteiger partial charge on any atom is -0.265 e. The Morgan fingerprint density at radius 2 is 1.85 bits per heavy atom. The largest absolute Gasteiger partial charge is 0.265 e. The summed E-state index contributed by atoms with van der Waals surface area (Å²) >= 11 is 5.17. The molecule has 0 aliphatic heterocycles. The van der Waals surface area contributed by atoms with Crippen LogP contribution in [0, 0.1) is 13.8 Å². The number of hydrogen-bond donors (Lipinski definition) is 0. The van der Waals surface area contributed by atoms with Gasteiger partial charge in [-0.25, -0.2) is 4.98 Å². The molecule has 0 N–H and O–H groups in total. The van der Waals surface area contributed by atoms with Crippen LogP contribution in [0.1, 0.15) is 11.1 Å². The lowest BCUT2D eigenvalue weighted by Crippen LogP contribution is -1.92. The van der Waals surface area contributed by atoms with Gasteiger partial charge in [-0.3, -0.25) is 4.40 Å². The second-order valence-corrected chi connectivity index (χ2v) is 8.37. The molecule has 2 aromatic carbocycles. The first-order valence-corrected chi connectivity index (χ1v) is 10.2. The molecule has 0 radical (unpaired) electrons. The van der Waals surface area contributed by atoms with Crippen molar-refractivity contribution in [3.05, 3.63) is 69.8 Å². The zero-order chi connectivity index (χ0) is 18.5. The summed E-state index contributed by atoms with van der Waals surface area (Å²) in [5, 5.41) is 12.2. The van der Waals surface area contributed by atoms with Gasteiger partial charge in [0, 0.05) is 21.0 Å². The van der Waals surface area contributed by atoms with E-state index in [1.54, 1.807) is 11.3 Å². The number of nitrogens with zero attached hydrogens (tertiary/aromatic N) is 4. The van der Waals surface area contributed by atoms with Crippen LogP contribution in [0.25, 0.3) is 38.4 Å². The molecule has 0 atom stereocenters. The molecule has 132 valence electrons. The van der Waals surface area contributed by atoms with E-state index in [2.05, 4.69) is 68.5 Å². The van der Waals surface area contributed by atoms with Gasteiger partial charge in [-0.2, -0.15) is 0 Å². The number of aromatic nitrogens is 4. The fourth-order valence-electron chi connectivity index (χ4n) is 3.29. The van der Waals surface area contributed by atoms with Crippen molar-refractivity contribution < 1.29 is 0 Å². The molecule has 4 nitrogen and oxygen atoms in total. The Labute approximate surface area is 168 Å². The van der Waals surface area contributed by atoms with E-state index in [-0.39, 0.29) is 0 Å². The smallest absolute Gasteiger partial charge is 0.173 e. The molecule has 0 amide bonds. The molecule has 0 saturated heterocycles. The van der Waals surface area contributed by atoms with Crippen LogP contribution in [0.15, 0.2) is 58.6 Å². The van der Waals surface area contributed by atoms with Gasteiger partial charge >= 0.3 is 0 Å². The summed E-state index contributed by atoms with van der Waals surface area (Å²) in [7, 11) is 0. The van der Waals surface area contributed by atoms with E-state index in [4.69, 9.17) is 0 Å². The van der Waals surface area contributed by atoms with E-state index in [1.807, 2.05) is 35.0 Å².